The van der Waals surface area contributed by atoms with E-state index >= 15 is 0 Å². The Morgan fingerprint density at radius 1 is 0.950 bits per heavy atom. The predicted octanol–water partition coefficient (Wildman–Crippen LogP) is 3.25. The number of nitrogens with one attached hydrogen (secondary N) is 1. The summed E-state index contributed by atoms with van der Waals surface area (Å²) in [5.41, 5.74) is 2.77. The maximum Gasteiger partial charge on any atom is 0.337 e. The van der Waals surface area contributed by atoms with E-state index in [9.17, 15) is 9.59 Å². The first-order valence-corrected chi connectivity index (χ1v) is 6.19. The van der Waals surface area contributed by atoms with Crippen LogP contribution in [0.3, 0.4) is 0 Å². The maximum absolute atomic E-state index is 12.1. The normalized spacial score (nSPS) is 10.1. The minimum Gasteiger partial charge on any atom is -0.478 e. The van der Waals surface area contributed by atoms with E-state index < -0.39 is 5.97 Å². The van der Waals surface area contributed by atoms with Crippen LogP contribution in [0.25, 0.3) is 0 Å². The van der Waals surface area contributed by atoms with Crippen molar-refractivity contribution in [2.45, 2.75) is 13.8 Å². The Labute approximate surface area is 117 Å². The summed E-state index contributed by atoms with van der Waals surface area (Å²) < 4.78 is 0. The Hall–Kier alpha value is -2.62. The van der Waals surface area contributed by atoms with Gasteiger partial charge in [-0.3, -0.25) is 4.79 Å². The molecule has 102 valence electrons. The van der Waals surface area contributed by atoms with Crippen molar-refractivity contribution >= 4 is 17.6 Å². The summed E-state index contributed by atoms with van der Waals surface area (Å²) in [5, 5.41) is 11.8. The predicted molar refractivity (Wildman–Crippen MR) is 77.3 cm³/mol. The standard InChI is InChI=1S/C16H15NO3/c1-10-3-6-12(7-4-10)15(18)17-14-8-5-11(2)9-13(14)16(19)20/h3-9H,1-2H3,(H,17,18)(H,19,20). The zero-order valence-corrected chi connectivity index (χ0v) is 11.3. The van der Waals surface area contributed by atoms with Crippen molar-refractivity contribution < 1.29 is 14.7 Å². The smallest absolute Gasteiger partial charge is 0.337 e. The van der Waals surface area contributed by atoms with Gasteiger partial charge in [0.05, 0.1) is 11.3 Å². The molecule has 0 unspecified atom stereocenters. The maximum atomic E-state index is 12.1. The van der Waals surface area contributed by atoms with Gasteiger partial charge in [-0.2, -0.15) is 0 Å². The number of aromatic carboxylic acids is 1. The van der Waals surface area contributed by atoms with Gasteiger partial charge < -0.3 is 10.4 Å². The molecule has 0 aliphatic heterocycles. The fourth-order valence-corrected chi connectivity index (χ4v) is 1.84. The lowest BCUT2D eigenvalue weighted by molar-refractivity contribution is 0.0698. The van der Waals surface area contributed by atoms with Crippen molar-refractivity contribution in [1.29, 1.82) is 0 Å². The molecular formula is C16H15NO3. The Morgan fingerprint density at radius 2 is 1.55 bits per heavy atom. The summed E-state index contributed by atoms with van der Waals surface area (Å²) in [5.74, 6) is -1.38. The van der Waals surface area contributed by atoms with Gasteiger partial charge in [-0.1, -0.05) is 29.3 Å². The second kappa shape index (κ2) is 5.57. The van der Waals surface area contributed by atoms with Crippen LogP contribution in [0, 0.1) is 13.8 Å². The lowest BCUT2D eigenvalue weighted by Crippen LogP contribution is -2.14. The molecule has 0 saturated carbocycles. The van der Waals surface area contributed by atoms with Gasteiger partial charge in [0.25, 0.3) is 5.91 Å². The Bertz CT molecular complexity index is 660. The van der Waals surface area contributed by atoms with E-state index in [-0.39, 0.29) is 11.5 Å². The molecule has 0 aliphatic carbocycles. The topological polar surface area (TPSA) is 66.4 Å². The van der Waals surface area contributed by atoms with Crippen LogP contribution in [0.4, 0.5) is 5.69 Å². The van der Waals surface area contributed by atoms with Gasteiger partial charge in [0.2, 0.25) is 0 Å². The van der Waals surface area contributed by atoms with Crippen LogP contribution in [0.15, 0.2) is 42.5 Å². The number of carboxylic acids is 1. The minimum atomic E-state index is -1.06. The molecule has 2 rings (SSSR count). The average Bonchev–Trinajstić information content (AvgIpc) is 2.41. The highest BCUT2D eigenvalue weighted by Crippen LogP contribution is 2.18. The zero-order valence-electron chi connectivity index (χ0n) is 11.3. The van der Waals surface area contributed by atoms with Crippen LogP contribution in [0.1, 0.15) is 31.8 Å². The summed E-state index contributed by atoms with van der Waals surface area (Å²) in [7, 11) is 0. The number of benzene rings is 2. The highest BCUT2D eigenvalue weighted by Gasteiger charge is 2.13. The average molecular weight is 269 g/mol. The first-order chi connectivity index (χ1) is 9.47. The number of hydrogen-bond acceptors (Lipinski definition) is 2. The van der Waals surface area contributed by atoms with Gasteiger partial charge in [0.15, 0.2) is 0 Å². The molecule has 0 bridgehead atoms. The number of anilines is 1. The fraction of sp³-hybridized carbons (Fsp3) is 0.125. The second-order valence-electron chi connectivity index (χ2n) is 4.67. The number of carboxylic acid groups (broad SMARTS) is 1. The monoisotopic (exact) mass is 269 g/mol. The lowest BCUT2D eigenvalue weighted by atomic mass is 10.1. The largest absolute Gasteiger partial charge is 0.478 e. The van der Waals surface area contributed by atoms with E-state index in [4.69, 9.17) is 5.11 Å². The van der Waals surface area contributed by atoms with Gasteiger partial charge >= 0.3 is 5.97 Å². The van der Waals surface area contributed by atoms with Crippen LogP contribution >= 0.6 is 0 Å². The van der Waals surface area contributed by atoms with E-state index in [0.717, 1.165) is 11.1 Å². The number of aryl methyl sites for hydroxylation is 2. The molecule has 2 N–H and O–H groups in total. The highest BCUT2D eigenvalue weighted by atomic mass is 16.4. The Morgan fingerprint density at radius 3 is 2.15 bits per heavy atom. The van der Waals surface area contributed by atoms with Gasteiger partial charge in [0, 0.05) is 5.56 Å². The molecule has 0 aliphatic rings. The summed E-state index contributed by atoms with van der Waals surface area (Å²) in [6.07, 6.45) is 0. The molecular weight excluding hydrogens is 254 g/mol. The van der Waals surface area contributed by atoms with Crippen molar-refractivity contribution in [2.24, 2.45) is 0 Å². The van der Waals surface area contributed by atoms with Gasteiger partial charge in [-0.15, -0.1) is 0 Å². The van der Waals surface area contributed by atoms with E-state index in [1.807, 2.05) is 19.1 Å². The third kappa shape index (κ3) is 3.03. The number of carbonyl (C=O) groups is 2. The summed E-state index contributed by atoms with van der Waals surface area (Å²) in [4.78, 5) is 23.3. The third-order valence-corrected chi connectivity index (χ3v) is 2.97. The molecule has 20 heavy (non-hydrogen) atoms. The summed E-state index contributed by atoms with van der Waals surface area (Å²) in [6.45, 7) is 3.74. The SMILES string of the molecule is Cc1ccc(C(=O)Nc2ccc(C)cc2C(=O)O)cc1. The number of hydrogen-bond donors (Lipinski definition) is 2. The van der Waals surface area contributed by atoms with Crippen LogP contribution in [-0.2, 0) is 0 Å². The third-order valence-electron chi connectivity index (χ3n) is 2.97. The van der Waals surface area contributed by atoms with Crippen molar-refractivity contribution in [3.63, 3.8) is 0 Å². The van der Waals surface area contributed by atoms with Gasteiger partial charge in [-0.25, -0.2) is 4.79 Å². The molecule has 0 saturated heterocycles. The van der Waals surface area contributed by atoms with Crippen LogP contribution in [-0.4, -0.2) is 17.0 Å². The number of carbonyl (C=O) groups excluding carboxylic acids is 1. The second-order valence-corrected chi connectivity index (χ2v) is 4.67. The van der Waals surface area contributed by atoms with Crippen LogP contribution < -0.4 is 5.32 Å². The quantitative estimate of drug-likeness (QED) is 0.898. The van der Waals surface area contributed by atoms with Crippen molar-refractivity contribution in [3.8, 4) is 0 Å². The molecule has 0 spiro atoms. The van der Waals surface area contributed by atoms with E-state index in [1.54, 1.807) is 31.2 Å². The first-order valence-electron chi connectivity index (χ1n) is 6.19. The molecule has 0 fully saturated rings. The molecule has 0 heterocycles. The van der Waals surface area contributed by atoms with Crippen molar-refractivity contribution in [1.82, 2.24) is 0 Å². The molecule has 0 radical (unpaired) electrons. The molecule has 0 atom stereocenters. The Balaban J connectivity index is 2.28. The summed E-state index contributed by atoms with van der Waals surface area (Å²) in [6, 6.07) is 12.0. The fourth-order valence-electron chi connectivity index (χ4n) is 1.84. The van der Waals surface area contributed by atoms with Crippen molar-refractivity contribution in [2.75, 3.05) is 5.32 Å². The molecule has 0 aromatic heterocycles. The molecule has 4 nitrogen and oxygen atoms in total. The summed E-state index contributed by atoms with van der Waals surface area (Å²) >= 11 is 0. The van der Waals surface area contributed by atoms with Gasteiger partial charge in [0.1, 0.15) is 0 Å². The minimum absolute atomic E-state index is 0.0884. The molecule has 1 amide bonds. The van der Waals surface area contributed by atoms with E-state index in [2.05, 4.69) is 5.32 Å². The first kappa shape index (κ1) is 13.8. The Kier molecular flexibility index (Phi) is 3.84. The van der Waals surface area contributed by atoms with Gasteiger partial charge in [-0.05, 0) is 38.1 Å². The molecule has 4 heteroatoms. The molecule has 2 aromatic carbocycles. The molecule has 2 aromatic rings. The zero-order chi connectivity index (χ0) is 14.7. The number of rotatable bonds is 3. The lowest BCUT2D eigenvalue weighted by Gasteiger charge is -2.09. The van der Waals surface area contributed by atoms with Crippen molar-refractivity contribution in [3.05, 3.63) is 64.7 Å². The van der Waals surface area contributed by atoms with E-state index in [1.165, 1.54) is 6.07 Å². The highest BCUT2D eigenvalue weighted by molar-refractivity contribution is 6.07. The number of amides is 1. The van der Waals surface area contributed by atoms with Crippen LogP contribution in [0.5, 0.6) is 0 Å². The van der Waals surface area contributed by atoms with Crippen LogP contribution in [0.2, 0.25) is 0 Å². The van der Waals surface area contributed by atoms with E-state index in [0.29, 0.717) is 11.3 Å².